The Morgan fingerprint density at radius 2 is 1.18 bits per heavy atom. The topological polar surface area (TPSA) is 9.23 Å². The van der Waals surface area contributed by atoms with Gasteiger partial charge in [0, 0.05) is 6.92 Å². The summed E-state index contributed by atoms with van der Waals surface area (Å²) in [5.41, 5.74) is -3.74. The van der Waals surface area contributed by atoms with Gasteiger partial charge in [-0.1, -0.05) is 27.7 Å². The first-order valence-corrected chi connectivity index (χ1v) is 5.61. The molecule has 5 heteroatoms. The molecule has 0 saturated heterocycles. The zero-order valence-corrected chi connectivity index (χ0v) is 11.5. The van der Waals surface area contributed by atoms with E-state index in [0.717, 1.165) is 13.8 Å². The van der Waals surface area contributed by atoms with Crippen LogP contribution in [0.15, 0.2) is 0 Å². The van der Waals surface area contributed by atoms with Crippen molar-refractivity contribution < 1.29 is 22.3 Å². The summed E-state index contributed by atoms with van der Waals surface area (Å²) < 4.78 is 58.6. The molecule has 0 N–H and O–H groups in total. The van der Waals surface area contributed by atoms with Crippen molar-refractivity contribution in [1.29, 1.82) is 0 Å². The minimum absolute atomic E-state index is 0.404. The fourth-order valence-corrected chi connectivity index (χ4v) is 0.878. The maximum absolute atomic E-state index is 13.9. The Balaban J connectivity index is 5.14. The van der Waals surface area contributed by atoms with Crippen LogP contribution in [-0.4, -0.2) is 17.6 Å². The number of hydrogen-bond donors (Lipinski definition) is 0. The summed E-state index contributed by atoms with van der Waals surface area (Å²) in [4.78, 5) is 0. The standard InChI is InChI=1S/C12H22F4O/c1-8(2)9(3,4)12(15,16)17-10(5,6)11(7,13)14/h8H,1-7H3. The normalized spacial score (nSPS) is 15.5. The Morgan fingerprint density at radius 3 is 1.41 bits per heavy atom. The second-order valence-corrected chi connectivity index (χ2v) is 5.89. The van der Waals surface area contributed by atoms with Crippen LogP contribution < -0.4 is 0 Å². The number of halogens is 4. The molecule has 0 amide bonds. The van der Waals surface area contributed by atoms with Crippen molar-refractivity contribution in [2.75, 3.05) is 0 Å². The Labute approximate surface area is 101 Å². The van der Waals surface area contributed by atoms with Crippen LogP contribution in [0, 0.1) is 11.3 Å². The van der Waals surface area contributed by atoms with Crippen molar-refractivity contribution in [2.45, 2.75) is 66.1 Å². The molecule has 0 aromatic rings. The van der Waals surface area contributed by atoms with E-state index in [1.807, 2.05) is 0 Å². The number of ether oxygens (including phenoxy) is 1. The monoisotopic (exact) mass is 258 g/mol. The second kappa shape index (κ2) is 4.41. The lowest BCUT2D eigenvalue weighted by atomic mass is 9.79. The molecule has 0 atom stereocenters. The van der Waals surface area contributed by atoms with Gasteiger partial charge < -0.3 is 4.74 Å². The smallest absolute Gasteiger partial charge is 0.308 e. The molecule has 17 heavy (non-hydrogen) atoms. The third-order valence-electron chi connectivity index (χ3n) is 3.63. The molecular weight excluding hydrogens is 236 g/mol. The van der Waals surface area contributed by atoms with Crippen molar-refractivity contribution in [2.24, 2.45) is 11.3 Å². The van der Waals surface area contributed by atoms with Gasteiger partial charge in [-0.2, -0.15) is 8.78 Å². The van der Waals surface area contributed by atoms with E-state index in [0.29, 0.717) is 6.92 Å². The lowest BCUT2D eigenvalue weighted by molar-refractivity contribution is -0.373. The van der Waals surface area contributed by atoms with E-state index >= 15 is 0 Å². The Morgan fingerprint density at radius 1 is 0.824 bits per heavy atom. The van der Waals surface area contributed by atoms with Crippen LogP contribution in [-0.2, 0) is 4.74 Å². The average molecular weight is 258 g/mol. The molecule has 0 aromatic carbocycles. The van der Waals surface area contributed by atoms with Crippen LogP contribution in [0.2, 0.25) is 0 Å². The molecule has 0 fully saturated rings. The SMILES string of the molecule is CC(C)C(C)(C)C(F)(F)OC(C)(C)C(C)(F)F. The van der Waals surface area contributed by atoms with E-state index in [9.17, 15) is 17.6 Å². The third-order valence-corrected chi connectivity index (χ3v) is 3.63. The van der Waals surface area contributed by atoms with E-state index in [4.69, 9.17) is 0 Å². The number of alkyl halides is 4. The number of rotatable bonds is 5. The number of hydrogen-bond acceptors (Lipinski definition) is 1. The molecule has 0 radical (unpaired) electrons. The molecule has 0 aliphatic rings. The van der Waals surface area contributed by atoms with Crippen molar-refractivity contribution in [1.82, 2.24) is 0 Å². The largest absolute Gasteiger partial charge is 0.361 e. The second-order valence-electron chi connectivity index (χ2n) is 5.89. The van der Waals surface area contributed by atoms with Crippen LogP contribution >= 0.6 is 0 Å². The summed E-state index contributed by atoms with van der Waals surface area (Å²) in [5.74, 6) is -3.75. The lowest BCUT2D eigenvalue weighted by Crippen LogP contribution is -2.53. The summed E-state index contributed by atoms with van der Waals surface area (Å²) >= 11 is 0. The fourth-order valence-electron chi connectivity index (χ4n) is 0.878. The van der Waals surface area contributed by atoms with Gasteiger partial charge in [-0.15, -0.1) is 0 Å². The highest BCUT2D eigenvalue weighted by Crippen LogP contribution is 2.47. The molecule has 0 heterocycles. The van der Waals surface area contributed by atoms with Crippen LogP contribution in [0.3, 0.4) is 0 Å². The van der Waals surface area contributed by atoms with Crippen LogP contribution in [0.25, 0.3) is 0 Å². The van der Waals surface area contributed by atoms with Crippen molar-refractivity contribution >= 4 is 0 Å². The predicted octanol–water partition coefficient (Wildman–Crippen LogP) is 4.71. The lowest BCUT2D eigenvalue weighted by Gasteiger charge is -2.42. The maximum atomic E-state index is 13.9. The average Bonchev–Trinajstić information content (AvgIpc) is 1.98. The molecule has 0 unspecified atom stereocenters. The van der Waals surface area contributed by atoms with Crippen molar-refractivity contribution in [3.63, 3.8) is 0 Å². The maximum Gasteiger partial charge on any atom is 0.361 e. The van der Waals surface area contributed by atoms with Crippen LogP contribution in [0.4, 0.5) is 17.6 Å². The predicted molar refractivity (Wildman–Crippen MR) is 59.4 cm³/mol. The Hall–Kier alpha value is -0.320. The van der Waals surface area contributed by atoms with Gasteiger partial charge in [-0.25, -0.2) is 8.78 Å². The molecule has 1 nitrogen and oxygen atoms in total. The summed E-state index contributed by atoms with van der Waals surface area (Å²) in [6, 6.07) is 0. The highest BCUT2D eigenvalue weighted by atomic mass is 19.3. The molecule has 0 aromatic heterocycles. The van der Waals surface area contributed by atoms with Gasteiger partial charge in [-0.05, 0) is 19.8 Å². The molecule has 0 bridgehead atoms. The zero-order valence-electron chi connectivity index (χ0n) is 11.5. The van der Waals surface area contributed by atoms with E-state index in [-0.39, 0.29) is 0 Å². The first-order valence-electron chi connectivity index (χ1n) is 5.61. The summed E-state index contributed by atoms with van der Waals surface area (Å²) in [5, 5.41) is 0. The van der Waals surface area contributed by atoms with E-state index in [2.05, 4.69) is 4.74 Å². The highest BCUT2D eigenvalue weighted by Gasteiger charge is 2.57. The molecule has 0 aliphatic heterocycles. The first-order chi connectivity index (χ1) is 7.15. The summed E-state index contributed by atoms with van der Waals surface area (Å²) in [6.07, 6.45) is -3.62. The van der Waals surface area contributed by atoms with E-state index in [1.165, 1.54) is 13.8 Å². The minimum atomic E-state index is -3.62. The molecule has 104 valence electrons. The van der Waals surface area contributed by atoms with E-state index in [1.54, 1.807) is 13.8 Å². The van der Waals surface area contributed by atoms with E-state index < -0.39 is 29.0 Å². The van der Waals surface area contributed by atoms with Gasteiger partial charge in [-0.3, -0.25) is 0 Å². The van der Waals surface area contributed by atoms with Gasteiger partial charge in [0.25, 0.3) is 5.92 Å². The van der Waals surface area contributed by atoms with Gasteiger partial charge in [0.05, 0.1) is 5.41 Å². The fraction of sp³-hybridized carbons (Fsp3) is 1.00. The van der Waals surface area contributed by atoms with Crippen LogP contribution in [0.1, 0.15) is 48.5 Å². The molecule has 0 spiro atoms. The first kappa shape index (κ1) is 16.7. The Bertz CT molecular complexity index is 264. The quantitative estimate of drug-likeness (QED) is 0.649. The van der Waals surface area contributed by atoms with Gasteiger partial charge in [0.1, 0.15) is 5.60 Å². The minimum Gasteiger partial charge on any atom is -0.308 e. The van der Waals surface area contributed by atoms with Crippen LogP contribution in [0.5, 0.6) is 0 Å². The van der Waals surface area contributed by atoms with Gasteiger partial charge in [0.15, 0.2) is 0 Å². The zero-order chi connectivity index (χ0) is 14.3. The molecule has 0 saturated carbocycles. The third kappa shape index (κ3) is 3.33. The molecule has 0 aliphatic carbocycles. The van der Waals surface area contributed by atoms with Crippen molar-refractivity contribution in [3.8, 4) is 0 Å². The Kier molecular flexibility index (Phi) is 4.33. The molecular formula is C12H22F4O. The van der Waals surface area contributed by atoms with Gasteiger partial charge in [0.2, 0.25) is 0 Å². The van der Waals surface area contributed by atoms with Gasteiger partial charge >= 0.3 is 6.11 Å². The van der Waals surface area contributed by atoms with Crippen molar-refractivity contribution in [3.05, 3.63) is 0 Å². The summed E-state index contributed by atoms with van der Waals surface area (Å²) in [7, 11) is 0. The highest BCUT2D eigenvalue weighted by molar-refractivity contribution is 4.89. The summed E-state index contributed by atoms with van der Waals surface area (Å²) in [6.45, 7) is 8.34. The molecule has 0 rings (SSSR count).